The van der Waals surface area contributed by atoms with E-state index >= 15 is 0 Å². The topological polar surface area (TPSA) is 17.1 Å². The molecule has 0 aliphatic rings. The van der Waals surface area contributed by atoms with Gasteiger partial charge in [0.2, 0.25) is 0 Å². The molecule has 0 atom stereocenters. The fraction of sp³-hybridized carbons (Fsp3) is 0.800. The minimum absolute atomic E-state index is 0. The standard InChI is InChI=1S/C11H21O.C4H9.Y/c1-10(12)8-6-5-7-9-11(2,3)4;1-4(2)3;/h1,5-9H2,2-4H3;1-3H3;/q2*-1;. The average molecular weight is 315 g/mol. The van der Waals surface area contributed by atoms with Crippen LogP contribution in [0.5, 0.6) is 0 Å². The number of hydrogen-bond acceptors (Lipinski definition) is 1. The second kappa shape index (κ2) is 13.1. The van der Waals surface area contributed by atoms with Crippen LogP contribution in [0.15, 0.2) is 0 Å². The fourth-order valence-electron chi connectivity index (χ4n) is 1.15. The Morgan fingerprint density at radius 2 is 1.47 bits per heavy atom. The molecule has 0 aromatic carbocycles. The fourth-order valence-corrected chi connectivity index (χ4v) is 1.15. The van der Waals surface area contributed by atoms with E-state index in [0.29, 0.717) is 11.8 Å². The molecule has 0 aliphatic carbocycles. The second-order valence-corrected chi connectivity index (χ2v) is 6.16. The summed E-state index contributed by atoms with van der Waals surface area (Å²) in [6, 6.07) is 0. The molecule has 17 heavy (non-hydrogen) atoms. The van der Waals surface area contributed by atoms with Crippen molar-refractivity contribution in [2.75, 3.05) is 0 Å². The minimum Gasteiger partial charge on any atom is -0.339 e. The van der Waals surface area contributed by atoms with Crippen LogP contribution in [0.2, 0.25) is 0 Å². The van der Waals surface area contributed by atoms with Crippen molar-refractivity contribution in [1.29, 1.82) is 0 Å². The molecule has 0 spiro atoms. The van der Waals surface area contributed by atoms with Gasteiger partial charge in [0.1, 0.15) is 0 Å². The van der Waals surface area contributed by atoms with Gasteiger partial charge in [-0.15, -0.1) is 0 Å². The van der Waals surface area contributed by atoms with Gasteiger partial charge in [-0.25, -0.2) is 0 Å². The quantitative estimate of drug-likeness (QED) is 0.515. The Balaban J connectivity index is -0.000000340. The second-order valence-electron chi connectivity index (χ2n) is 6.16. The van der Waals surface area contributed by atoms with E-state index in [9.17, 15) is 4.79 Å². The van der Waals surface area contributed by atoms with Crippen LogP contribution in [-0.4, -0.2) is 5.78 Å². The van der Waals surface area contributed by atoms with E-state index in [1.165, 1.54) is 25.2 Å². The Morgan fingerprint density at radius 3 is 1.76 bits per heavy atom. The summed E-state index contributed by atoms with van der Waals surface area (Å²) in [7, 11) is 0. The Bertz CT molecular complexity index is 165. The monoisotopic (exact) mass is 315 g/mol. The van der Waals surface area contributed by atoms with Gasteiger partial charge >= 0.3 is 0 Å². The molecule has 0 N–H and O–H groups in total. The molecule has 0 aromatic heterocycles. The van der Waals surface area contributed by atoms with Crippen LogP contribution in [0.3, 0.4) is 0 Å². The summed E-state index contributed by atoms with van der Waals surface area (Å²) in [5.41, 5.74) is 0.439. The Kier molecular flexibility index (Phi) is 17.5. The zero-order valence-corrected chi connectivity index (χ0v) is 15.6. The molecule has 0 rings (SSSR count). The van der Waals surface area contributed by atoms with Crippen LogP contribution in [0.1, 0.15) is 73.6 Å². The predicted octanol–water partition coefficient (Wildman–Crippen LogP) is 5.00. The number of Topliss-reactive ketones (excluding diaryl/α,β-unsaturated/α-hetero) is 1. The van der Waals surface area contributed by atoms with E-state index in [-0.39, 0.29) is 38.5 Å². The third-order valence-corrected chi connectivity index (χ3v) is 1.88. The maximum absolute atomic E-state index is 10.5. The van der Waals surface area contributed by atoms with Gasteiger partial charge < -0.3 is 17.6 Å². The minimum atomic E-state index is 0. The van der Waals surface area contributed by atoms with Crippen molar-refractivity contribution < 1.29 is 37.5 Å². The van der Waals surface area contributed by atoms with Gasteiger partial charge in [-0.05, 0) is 30.5 Å². The summed E-state index contributed by atoms with van der Waals surface area (Å²) < 4.78 is 0. The predicted molar refractivity (Wildman–Crippen MR) is 73.2 cm³/mol. The van der Waals surface area contributed by atoms with Crippen LogP contribution in [0.4, 0.5) is 0 Å². The molecule has 0 aromatic rings. The van der Waals surface area contributed by atoms with Crippen molar-refractivity contribution >= 4 is 5.78 Å². The third kappa shape index (κ3) is 38.4. The van der Waals surface area contributed by atoms with Crippen LogP contribution in [0.25, 0.3) is 0 Å². The molecule has 0 fully saturated rings. The smallest absolute Gasteiger partial charge is 0 e. The van der Waals surface area contributed by atoms with E-state index in [4.69, 9.17) is 0 Å². The first-order chi connectivity index (χ1) is 7.15. The van der Waals surface area contributed by atoms with E-state index < -0.39 is 0 Å². The molecule has 2 heteroatoms. The number of ketones is 1. The zero-order chi connectivity index (χ0) is 13.2. The van der Waals surface area contributed by atoms with Gasteiger partial charge in [0.25, 0.3) is 0 Å². The molecular weight excluding hydrogens is 285 g/mol. The summed E-state index contributed by atoms with van der Waals surface area (Å²) >= 11 is 0. The van der Waals surface area contributed by atoms with E-state index in [2.05, 4.69) is 48.5 Å². The molecule has 1 nitrogen and oxygen atoms in total. The SMILES string of the molecule is C[C-](C)C.[CH2-]C(=O)CCCCCC(C)(C)C.[Y]. The van der Waals surface area contributed by atoms with Gasteiger partial charge in [0.15, 0.2) is 0 Å². The summed E-state index contributed by atoms with van der Waals surface area (Å²) in [6.07, 6.45) is 5.32. The number of carbonyl (C=O) groups is 1. The molecule has 0 bridgehead atoms. The van der Waals surface area contributed by atoms with Crippen LogP contribution < -0.4 is 0 Å². The molecule has 0 saturated carbocycles. The van der Waals surface area contributed by atoms with Crippen molar-refractivity contribution in [2.24, 2.45) is 5.41 Å². The van der Waals surface area contributed by atoms with Crippen LogP contribution in [0, 0.1) is 18.3 Å². The molecule has 0 unspecified atom stereocenters. The number of rotatable bonds is 5. The molecule has 0 amide bonds. The summed E-state index contributed by atoms with van der Waals surface area (Å²) in [6.45, 7) is 16.3. The van der Waals surface area contributed by atoms with Crippen molar-refractivity contribution in [3.8, 4) is 0 Å². The molecule has 0 aliphatic heterocycles. The molecular formula is C15H30OY-2. The largest absolute Gasteiger partial charge is 0.339 e. The molecule has 0 heterocycles. The molecule has 0 saturated heterocycles. The van der Waals surface area contributed by atoms with Crippen molar-refractivity contribution in [3.63, 3.8) is 0 Å². The van der Waals surface area contributed by atoms with Gasteiger partial charge in [-0.1, -0.05) is 33.6 Å². The number of hydrogen-bond donors (Lipinski definition) is 0. The van der Waals surface area contributed by atoms with Crippen molar-refractivity contribution in [1.82, 2.24) is 0 Å². The Hall–Kier alpha value is 0.644. The van der Waals surface area contributed by atoms with E-state index in [1.54, 1.807) is 0 Å². The number of unbranched alkanes of at least 4 members (excludes halogenated alkanes) is 2. The van der Waals surface area contributed by atoms with E-state index in [1.807, 2.05) is 0 Å². The average Bonchev–Trinajstić information content (AvgIpc) is 1.99. The first-order valence-corrected chi connectivity index (χ1v) is 6.26. The van der Waals surface area contributed by atoms with Gasteiger partial charge in [-0.2, -0.15) is 20.8 Å². The van der Waals surface area contributed by atoms with Crippen LogP contribution >= 0.6 is 0 Å². The summed E-state index contributed by atoms with van der Waals surface area (Å²) in [5, 5.41) is 0. The molecule has 101 valence electrons. The van der Waals surface area contributed by atoms with Gasteiger partial charge in [-0.3, -0.25) is 0 Å². The van der Waals surface area contributed by atoms with Crippen molar-refractivity contribution in [2.45, 2.75) is 73.6 Å². The Labute approximate surface area is 134 Å². The van der Waals surface area contributed by atoms with E-state index in [0.717, 1.165) is 6.42 Å². The van der Waals surface area contributed by atoms with Gasteiger partial charge in [0, 0.05) is 32.7 Å². The van der Waals surface area contributed by atoms with Crippen molar-refractivity contribution in [3.05, 3.63) is 12.8 Å². The van der Waals surface area contributed by atoms with Crippen LogP contribution in [-0.2, 0) is 37.5 Å². The first-order valence-electron chi connectivity index (χ1n) is 6.26. The summed E-state index contributed by atoms with van der Waals surface area (Å²) in [4.78, 5) is 10.5. The zero-order valence-electron chi connectivity index (χ0n) is 12.7. The maximum atomic E-state index is 10.5. The number of carbonyl (C=O) groups excluding carboxylic acids is 1. The summed E-state index contributed by atoms with van der Waals surface area (Å²) in [5.74, 6) is 1.49. The molecule has 1 radical (unpaired) electrons. The Morgan fingerprint density at radius 1 is 1.06 bits per heavy atom. The normalized spacial score (nSPS) is 10.3. The van der Waals surface area contributed by atoms with Gasteiger partial charge in [0.05, 0.1) is 0 Å². The first kappa shape index (κ1) is 22.8. The third-order valence-electron chi connectivity index (χ3n) is 1.88. The maximum Gasteiger partial charge on any atom is 0 e.